The summed E-state index contributed by atoms with van der Waals surface area (Å²) in [4.78, 5) is 13.7. The van der Waals surface area contributed by atoms with Crippen LogP contribution in [0.15, 0.2) is 46.9 Å². The van der Waals surface area contributed by atoms with Gasteiger partial charge in [0.05, 0.1) is 0 Å². The zero-order chi connectivity index (χ0) is 14.7. The minimum absolute atomic E-state index is 0.122. The van der Waals surface area contributed by atoms with E-state index in [0.717, 1.165) is 4.47 Å². The number of rotatable bonds is 3. The highest BCUT2D eigenvalue weighted by Crippen LogP contribution is 2.21. The fourth-order valence-electron chi connectivity index (χ4n) is 1.83. The SMILES string of the molecule is CN(Cc1c(F)cccc1Cl)C(=O)c1cccc(Br)c1. The van der Waals surface area contributed by atoms with Crippen LogP contribution in [0.2, 0.25) is 5.02 Å². The molecule has 20 heavy (non-hydrogen) atoms. The first-order valence-corrected chi connectivity index (χ1v) is 7.10. The van der Waals surface area contributed by atoms with E-state index < -0.39 is 5.82 Å². The second kappa shape index (κ2) is 6.37. The first-order valence-electron chi connectivity index (χ1n) is 5.93. The second-order valence-electron chi connectivity index (χ2n) is 4.37. The van der Waals surface area contributed by atoms with E-state index in [-0.39, 0.29) is 12.5 Å². The summed E-state index contributed by atoms with van der Waals surface area (Å²) in [6.45, 7) is 0.122. The smallest absolute Gasteiger partial charge is 0.253 e. The Morgan fingerprint density at radius 2 is 2.00 bits per heavy atom. The first-order chi connectivity index (χ1) is 9.49. The molecular weight excluding hydrogens is 345 g/mol. The molecule has 2 rings (SSSR count). The number of amides is 1. The number of halogens is 3. The fraction of sp³-hybridized carbons (Fsp3) is 0.133. The Morgan fingerprint density at radius 3 is 2.65 bits per heavy atom. The molecule has 0 N–H and O–H groups in total. The molecule has 5 heteroatoms. The summed E-state index contributed by atoms with van der Waals surface area (Å²) < 4.78 is 14.5. The Kier molecular flexibility index (Phi) is 4.78. The molecular formula is C15H12BrClFNO. The zero-order valence-corrected chi connectivity index (χ0v) is 13.1. The minimum Gasteiger partial charge on any atom is -0.337 e. The van der Waals surface area contributed by atoms with Gasteiger partial charge < -0.3 is 4.90 Å². The van der Waals surface area contributed by atoms with Crippen molar-refractivity contribution in [2.24, 2.45) is 0 Å². The van der Waals surface area contributed by atoms with Gasteiger partial charge in [-0.3, -0.25) is 4.79 Å². The van der Waals surface area contributed by atoms with E-state index in [4.69, 9.17) is 11.6 Å². The van der Waals surface area contributed by atoms with Crippen molar-refractivity contribution in [3.63, 3.8) is 0 Å². The molecule has 0 saturated heterocycles. The average Bonchev–Trinajstić information content (AvgIpc) is 2.42. The normalized spacial score (nSPS) is 10.4. The molecule has 104 valence electrons. The molecule has 0 fully saturated rings. The number of carbonyl (C=O) groups excluding carboxylic acids is 1. The van der Waals surface area contributed by atoms with E-state index in [0.29, 0.717) is 16.1 Å². The molecule has 0 atom stereocenters. The Balaban J connectivity index is 2.20. The van der Waals surface area contributed by atoms with Crippen LogP contribution in [0.5, 0.6) is 0 Å². The lowest BCUT2D eigenvalue weighted by Gasteiger charge is -2.18. The lowest BCUT2D eigenvalue weighted by molar-refractivity contribution is 0.0784. The van der Waals surface area contributed by atoms with Crippen molar-refractivity contribution in [3.05, 3.63) is 68.9 Å². The van der Waals surface area contributed by atoms with Crippen molar-refractivity contribution in [2.75, 3.05) is 7.05 Å². The van der Waals surface area contributed by atoms with Gasteiger partial charge in [0.1, 0.15) is 5.82 Å². The molecule has 2 nitrogen and oxygen atoms in total. The minimum atomic E-state index is -0.411. The highest BCUT2D eigenvalue weighted by molar-refractivity contribution is 9.10. The highest BCUT2D eigenvalue weighted by Gasteiger charge is 2.15. The third kappa shape index (κ3) is 3.38. The van der Waals surface area contributed by atoms with Gasteiger partial charge in [0, 0.05) is 34.2 Å². The first kappa shape index (κ1) is 15.0. The number of hydrogen-bond donors (Lipinski definition) is 0. The summed E-state index contributed by atoms with van der Waals surface area (Å²) in [5, 5.41) is 0.318. The van der Waals surface area contributed by atoms with E-state index >= 15 is 0 Å². The lowest BCUT2D eigenvalue weighted by Crippen LogP contribution is -2.26. The maximum atomic E-state index is 13.7. The molecule has 0 unspecified atom stereocenters. The van der Waals surface area contributed by atoms with Crippen molar-refractivity contribution >= 4 is 33.4 Å². The molecule has 0 saturated carbocycles. The summed E-state index contributed by atoms with van der Waals surface area (Å²) in [7, 11) is 1.62. The van der Waals surface area contributed by atoms with Crippen molar-refractivity contribution in [3.8, 4) is 0 Å². The number of benzene rings is 2. The molecule has 0 aliphatic rings. The summed E-state index contributed by atoms with van der Waals surface area (Å²) in [6.07, 6.45) is 0. The molecule has 0 aromatic heterocycles. The predicted octanol–water partition coefficient (Wildman–Crippen LogP) is 4.51. The average molecular weight is 357 g/mol. The van der Waals surface area contributed by atoms with Crippen LogP contribution in [0, 0.1) is 5.82 Å². The van der Waals surface area contributed by atoms with Crippen LogP contribution < -0.4 is 0 Å². The quantitative estimate of drug-likeness (QED) is 0.792. The predicted molar refractivity (Wildman–Crippen MR) is 81.3 cm³/mol. The van der Waals surface area contributed by atoms with Crippen molar-refractivity contribution in [1.29, 1.82) is 0 Å². The Labute approximate surface area is 130 Å². The van der Waals surface area contributed by atoms with E-state index in [9.17, 15) is 9.18 Å². The summed E-state index contributed by atoms with van der Waals surface area (Å²) in [5.41, 5.74) is 0.856. The Hall–Kier alpha value is -1.39. The summed E-state index contributed by atoms with van der Waals surface area (Å²) >= 11 is 9.28. The summed E-state index contributed by atoms with van der Waals surface area (Å²) in [6, 6.07) is 11.5. The van der Waals surface area contributed by atoms with Crippen molar-refractivity contribution in [1.82, 2.24) is 4.90 Å². The monoisotopic (exact) mass is 355 g/mol. The maximum Gasteiger partial charge on any atom is 0.253 e. The van der Waals surface area contributed by atoms with Crippen molar-refractivity contribution in [2.45, 2.75) is 6.54 Å². The maximum absolute atomic E-state index is 13.7. The fourth-order valence-corrected chi connectivity index (χ4v) is 2.46. The van der Waals surface area contributed by atoms with Crippen LogP contribution >= 0.6 is 27.5 Å². The van der Waals surface area contributed by atoms with Crippen LogP contribution in [-0.4, -0.2) is 17.9 Å². The van der Waals surface area contributed by atoms with Crippen LogP contribution in [-0.2, 0) is 6.54 Å². The van der Waals surface area contributed by atoms with Gasteiger partial charge in [-0.2, -0.15) is 0 Å². The molecule has 0 heterocycles. The summed E-state index contributed by atoms with van der Waals surface area (Å²) in [5.74, 6) is -0.600. The van der Waals surface area contributed by atoms with E-state index in [1.807, 2.05) is 6.07 Å². The lowest BCUT2D eigenvalue weighted by atomic mass is 10.1. The molecule has 0 aliphatic heterocycles. The largest absolute Gasteiger partial charge is 0.337 e. The van der Waals surface area contributed by atoms with Gasteiger partial charge in [-0.25, -0.2) is 4.39 Å². The Morgan fingerprint density at radius 1 is 1.30 bits per heavy atom. The van der Waals surface area contributed by atoms with Crippen LogP contribution in [0.1, 0.15) is 15.9 Å². The molecule has 2 aromatic rings. The molecule has 2 aromatic carbocycles. The van der Waals surface area contributed by atoms with E-state index in [1.165, 1.54) is 17.0 Å². The third-order valence-corrected chi connectivity index (χ3v) is 3.72. The van der Waals surface area contributed by atoms with E-state index in [2.05, 4.69) is 15.9 Å². The van der Waals surface area contributed by atoms with Gasteiger partial charge in [-0.1, -0.05) is 39.7 Å². The van der Waals surface area contributed by atoms with Gasteiger partial charge in [0.2, 0.25) is 0 Å². The highest BCUT2D eigenvalue weighted by atomic mass is 79.9. The molecule has 0 bridgehead atoms. The molecule has 1 amide bonds. The van der Waals surface area contributed by atoms with Crippen LogP contribution in [0.4, 0.5) is 4.39 Å². The van der Waals surface area contributed by atoms with Crippen molar-refractivity contribution < 1.29 is 9.18 Å². The number of nitrogens with zero attached hydrogens (tertiary/aromatic N) is 1. The van der Waals surface area contributed by atoms with Gasteiger partial charge in [0.25, 0.3) is 5.91 Å². The molecule has 0 aliphatic carbocycles. The van der Waals surface area contributed by atoms with Crippen LogP contribution in [0.25, 0.3) is 0 Å². The zero-order valence-electron chi connectivity index (χ0n) is 10.7. The standard InChI is InChI=1S/C15H12BrClFNO/c1-19(9-12-13(17)6-3-7-14(12)18)15(20)10-4-2-5-11(16)8-10/h2-8H,9H2,1H3. The Bertz CT molecular complexity index is 627. The van der Waals surface area contributed by atoms with Gasteiger partial charge in [0.15, 0.2) is 0 Å². The molecule has 0 radical (unpaired) electrons. The third-order valence-electron chi connectivity index (χ3n) is 2.88. The topological polar surface area (TPSA) is 20.3 Å². The number of hydrogen-bond acceptors (Lipinski definition) is 1. The van der Waals surface area contributed by atoms with Gasteiger partial charge >= 0.3 is 0 Å². The number of carbonyl (C=O) groups is 1. The van der Waals surface area contributed by atoms with E-state index in [1.54, 1.807) is 31.3 Å². The van der Waals surface area contributed by atoms with Crippen LogP contribution in [0.3, 0.4) is 0 Å². The van der Waals surface area contributed by atoms with Gasteiger partial charge in [-0.15, -0.1) is 0 Å². The van der Waals surface area contributed by atoms with Gasteiger partial charge in [-0.05, 0) is 30.3 Å². The second-order valence-corrected chi connectivity index (χ2v) is 5.69. The molecule has 0 spiro atoms.